The van der Waals surface area contributed by atoms with E-state index in [9.17, 15) is 5.11 Å². The molecule has 56 heavy (non-hydrogen) atoms. The second kappa shape index (κ2) is 16.0. The average Bonchev–Trinajstić information content (AvgIpc) is 3.69. The standard InChI is InChI=1S/C54H94O2/c1-35(2)15-11-17-37(5)43-26-28-45-41-24-22-39-19-13-21-49(52(39,9)47(41)30-33-50(43,45)7)56-54(55)32-14-20-40-23-25-42-46-29-27-44(38(6)18-12-16-36(3)4)51(46,8)34-31-48(42)53(40,54)10/h35-49,55H,11-34H2,1-10H3/t37-,38-,39?,40?,41+,42+,43-,44-,45+,46+,47+,48+,49?,50-,51-,52+,53+,54?/m1/s1. The van der Waals surface area contributed by atoms with E-state index in [0.717, 1.165) is 83.9 Å². The molecule has 0 bridgehead atoms. The number of ether oxygens (including phenoxy) is 1. The minimum absolute atomic E-state index is 0.108. The SMILES string of the molecule is CC(C)CCC[C@@H](C)[C@H]1CC[C@H]2[C@@H]3CCC4CCCC(OC5(O)CCCC6CC[C@H]7[C@@H]8CC[C@H]([C@H](C)CCCC(C)C)[C@@]8(C)CC[C@@H]7[C@]65C)[C@]4(C)[C@H]3CC[C@]12C. The Kier molecular flexibility index (Phi) is 12.2. The molecule has 0 amide bonds. The summed E-state index contributed by atoms with van der Waals surface area (Å²) in [6.07, 6.45) is 33.0. The lowest BCUT2D eigenvalue weighted by Crippen LogP contribution is -2.67. The molecule has 8 fully saturated rings. The Labute approximate surface area is 348 Å². The molecule has 0 saturated heterocycles. The minimum atomic E-state index is -0.968. The average molecular weight is 775 g/mol. The molecule has 0 aliphatic heterocycles. The quantitative estimate of drug-likeness (QED) is 0.200. The molecular weight excluding hydrogens is 681 g/mol. The van der Waals surface area contributed by atoms with Crippen LogP contribution >= 0.6 is 0 Å². The third kappa shape index (κ3) is 6.81. The largest absolute Gasteiger partial charge is 0.365 e. The molecule has 8 saturated carbocycles. The van der Waals surface area contributed by atoms with Gasteiger partial charge in [0, 0.05) is 11.8 Å². The molecule has 322 valence electrons. The van der Waals surface area contributed by atoms with Crippen molar-refractivity contribution in [3.63, 3.8) is 0 Å². The van der Waals surface area contributed by atoms with E-state index in [1.807, 2.05) is 0 Å². The van der Waals surface area contributed by atoms with Gasteiger partial charge in [0.15, 0.2) is 5.79 Å². The van der Waals surface area contributed by atoms with Crippen molar-refractivity contribution in [2.75, 3.05) is 0 Å². The summed E-state index contributed by atoms with van der Waals surface area (Å²) >= 11 is 0. The fourth-order valence-electron chi connectivity index (χ4n) is 19.3. The second-order valence-electron chi connectivity index (χ2n) is 25.2. The molecule has 0 heterocycles. The maximum Gasteiger partial charge on any atom is 0.171 e. The highest BCUT2D eigenvalue weighted by Gasteiger charge is 2.69. The van der Waals surface area contributed by atoms with Gasteiger partial charge in [-0.1, -0.05) is 114 Å². The summed E-state index contributed by atoms with van der Waals surface area (Å²) in [7, 11) is 0. The van der Waals surface area contributed by atoms with Crippen LogP contribution in [0.15, 0.2) is 0 Å². The molecule has 8 rings (SSSR count). The van der Waals surface area contributed by atoms with Crippen LogP contribution in [0, 0.1) is 105 Å². The molecule has 4 unspecified atom stereocenters. The normalized spacial score (nSPS) is 51.1. The molecule has 1 N–H and O–H groups in total. The van der Waals surface area contributed by atoms with Gasteiger partial charge in [0.2, 0.25) is 0 Å². The summed E-state index contributed by atoms with van der Waals surface area (Å²) in [5.74, 6) is 10.5. The zero-order valence-corrected chi connectivity index (χ0v) is 39.0. The van der Waals surface area contributed by atoms with Crippen LogP contribution in [0.4, 0.5) is 0 Å². The monoisotopic (exact) mass is 775 g/mol. The highest BCUT2D eigenvalue weighted by Crippen LogP contribution is 2.72. The van der Waals surface area contributed by atoms with Gasteiger partial charge in [-0.15, -0.1) is 0 Å². The van der Waals surface area contributed by atoms with Gasteiger partial charge in [-0.25, -0.2) is 0 Å². The van der Waals surface area contributed by atoms with Crippen LogP contribution in [-0.2, 0) is 4.74 Å². The minimum Gasteiger partial charge on any atom is -0.365 e. The summed E-state index contributed by atoms with van der Waals surface area (Å²) in [5.41, 5.74) is 1.14. The number of fused-ring (bicyclic) bond motifs is 10. The highest BCUT2D eigenvalue weighted by atomic mass is 16.6. The van der Waals surface area contributed by atoms with Crippen molar-refractivity contribution in [3.05, 3.63) is 0 Å². The summed E-state index contributed by atoms with van der Waals surface area (Å²) < 4.78 is 7.84. The maximum absolute atomic E-state index is 13.6. The van der Waals surface area contributed by atoms with E-state index in [0.29, 0.717) is 22.7 Å². The van der Waals surface area contributed by atoms with Crippen LogP contribution in [0.2, 0.25) is 0 Å². The Morgan fingerprint density at radius 2 is 1.02 bits per heavy atom. The van der Waals surface area contributed by atoms with Crippen molar-refractivity contribution in [2.45, 2.75) is 235 Å². The van der Waals surface area contributed by atoms with E-state index < -0.39 is 5.79 Å². The molecule has 2 heteroatoms. The first kappa shape index (κ1) is 42.6. The second-order valence-corrected chi connectivity index (χ2v) is 25.2. The van der Waals surface area contributed by atoms with E-state index >= 15 is 0 Å². The highest BCUT2D eigenvalue weighted by molar-refractivity contribution is 5.15. The van der Waals surface area contributed by atoms with E-state index in [4.69, 9.17) is 4.74 Å². The molecule has 8 aliphatic carbocycles. The lowest BCUT2D eigenvalue weighted by molar-refractivity contribution is -0.368. The van der Waals surface area contributed by atoms with Crippen LogP contribution in [0.5, 0.6) is 0 Å². The molecule has 0 aromatic carbocycles. The smallest absolute Gasteiger partial charge is 0.171 e. The summed E-state index contributed by atoms with van der Waals surface area (Å²) in [6.45, 7) is 25.7. The van der Waals surface area contributed by atoms with Gasteiger partial charge >= 0.3 is 0 Å². The summed E-state index contributed by atoms with van der Waals surface area (Å²) in [5, 5.41) is 13.6. The van der Waals surface area contributed by atoms with Crippen LogP contribution in [0.25, 0.3) is 0 Å². The third-order valence-corrected chi connectivity index (χ3v) is 22.2. The molecule has 0 spiro atoms. The number of hydrogen-bond donors (Lipinski definition) is 1. The summed E-state index contributed by atoms with van der Waals surface area (Å²) in [6, 6.07) is 0. The molecule has 0 radical (unpaired) electrons. The Morgan fingerprint density at radius 1 is 0.500 bits per heavy atom. The van der Waals surface area contributed by atoms with Gasteiger partial charge in [-0.05, 0) is 202 Å². The first-order chi connectivity index (χ1) is 26.6. The van der Waals surface area contributed by atoms with Crippen LogP contribution in [0.3, 0.4) is 0 Å². The van der Waals surface area contributed by atoms with Crippen LogP contribution in [-0.4, -0.2) is 17.0 Å². The lowest BCUT2D eigenvalue weighted by Gasteiger charge is -2.67. The maximum atomic E-state index is 13.6. The van der Waals surface area contributed by atoms with Gasteiger partial charge in [-0.3, -0.25) is 0 Å². The molecule has 0 aromatic rings. The molecular formula is C54H94O2. The van der Waals surface area contributed by atoms with Gasteiger partial charge < -0.3 is 9.84 Å². The van der Waals surface area contributed by atoms with Crippen molar-refractivity contribution in [1.82, 2.24) is 0 Å². The Balaban J connectivity index is 1.01. The predicted octanol–water partition coefficient (Wildman–Crippen LogP) is 15.3. The van der Waals surface area contributed by atoms with E-state index in [2.05, 4.69) is 69.2 Å². The first-order valence-corrected chi connectivity index (χ1v) is 26.0. The number of rotatable bonds is 12. The topological polar surface area (TPSA) is 29.5 Å². The number of aliphatic hydroxyl groups is 1. The third-order valence-electron chi connectivity index (χ3n) is 22.2. The fourth-order valence-corrected chi connectivity index (χ4v) is 19.3. The Hall–Kier alpha value is -0.0800. The molecule has 2 nitrogen and oxygen atoms in total. The molecule has 0 aromatic heterocycles. The van der Waals surface area contributed by atoms with Crippen molar-refractivity contribution >= 4 is 0 Å². The van der Waals surface area contributed by atoms with Gasteiger partial charge in [0.1, 0.15) is 0 Å². The van der Waals surface area contributed by atoms with Gasteiger partial charge in [-0.2, -0.15) is 0 Å². The number of hydrogen-bond acceptors (Lipinski definition) is 2. The van der Waals surface area contributed by atoms with Gasteiger partial charge in [0.25, 0.3) is 0 Å². The van der Waals surface area contributed by atoms with Crippen LogP contribution < -0.4 is 0 Å². The zero-order valence-electron chi connectivity index (χ0n) is 39.0. The van der Waals surface area contributed by atoms with Crippen molar-refractivity contribution in [3.8, 4) is 0 Å². The van der Waals surface area contributed by atoms with E-state index in [1.54, 1.807) is 0 Å². The van der Waals surface area contributed by atoms with Crippen molar-refractivity contribution < 1.29 is 9.84 Å². The Morgan fingerprint density at radius 3 is 1.59 bits per heavy atom. The fraction of sp³-hybridized carbons (Fsp3) is 1.00. The summed E-state index contributed by atoms with van der Waals surface area (Å²) in [4.78, 5) is 0. The Bertz CT molecular complexity index is 1340. The molecule has 8 aliphatic rings. The predicted molar refractivity (Wildman–Crippen MR) is 236 cm³/mol. The lowest BCUT2D eigenvalue weighted by atomic mass is 9.42. The van der Waals surface area contributed by atoms with E-state index in [-0.39, 0.29) is 16.9 Å². The zero-order chi connectivity index (χ0) is 39.8. The van der Waals surface area contributed by atoms with Crippen LogP contribution in [0.1, 0.15) is 223 Å². The molecule has 18 atom stereocenters. The van der Waals surface area contributed by atoms with E-state index in [1.165, 1.54) is 141 Å². The van der Waals surface area contributed by atoms with Crippen molar-refractivity contribution in [1.29, 1.82) is 0 Å². The van der Waals surface area contributed by atoms with Crippen molar-refractivity contribution in [2.24, 2.45) is 105 Å². The van der Waals surface area contributed by atoms with Gasteiger partial charge in [0.05, 0.1) is 6.10 Å². The first-order valence-electron chi connectivity index (χ1n) is 26.0.